The van der Waals surface area contributed by atoms with Crippen molar-refractivity contribution in [3.63, 3.8) is 0 Å². The van der Waals surface area contributed by atoms with Gasteiger partial charge in [0.1, 0.15) is 5.75 Å². The van der Waals surface area contributed by atoms with E-state index in [0.717, 1.165) is 16.9 Å². The van der Waals surface area contributed by atoms with Gasteiger partial charge in [-0.3, -0.25) is 9.59 Å². The molecule has 0 aliphatic rings. The standard InChI is InChI=1S/C19H19N3O3/c1-14-9-11-16(12-10-14)21-18(23)19(24)22-20-13-5-7-15-6-3-4-8-17(15)25-2/h3-13H,1-2H3,(H,21,23)(H,22,24)/b7-5+,20-13-. The summed E-state index contributed by atoms with van der Waals surface area (Å²) in [6, 6.07) is 14.6. The lowest BCUT2D eigenvalue weighted by molar-refractivity contribution is -0.136. The number of rotatable bonds is 5. The van der Waals surface area contributed by atoms with E-state index in [9.17, 15) is 9.59 Å². The number of ether oxygens (including phenoxy) is 1. The molecule has 2 N–H and O–H groups in total. The third kappa shape index (κ3) is 5.62. The van der Waals surface area contributed by atoms with Gasteiger partial charge in [-0.25, -0.2) is 5.43 Å². The first-order valence-electron chi connectivity index (χ1n) is 7.61. The van der Waals surface area contributed by atoms with Gasteiger partial charge in [0, 0.05) is 17.5 Å². The summed E-state index contributed by atoms with van der Waals surface area (Å²) in [4.78, 5) is 23.4. The van der Waals surface area contributed by atoms with Gasteiger partial charge in [0.15, 0.2) is 0 Å². The highest BCUT2D eigenvalue weighted by Gasteiger charge is 2.12. The molecule has 2 aromatic rings. The number of aryl methyl sites for hydroxylation is 1. The Bertz CT molecular complexity index is 796. The van der Waals surface area contributed by atoms with E-state index in [1.807, 2.05) is 43.3 Å². The first-order valence-corrected chi connectivity index (χ1v) is 7.61. The fourth-order valence-corrected chi connectivity index (χ4v) is 1.97. The minimum absolute atomic E-state index is 0.547. The van der Waals surface area contributed by atoms with Crippen molar-refractivity contribution >= 4 is 29.8 Å². The lowest BCUT2D eigenvalue weighted by Gasteiger charge is -2.04. The summed E-state index contributed by atoms with van der Waals surface area (Å²) in [6.07, 6.45) is 4.79. The van der Waals surface area contributed by atoms with Crippen LogP contribution < -0.4 is 15.5 Å². The zero-order valence-corrected chi connectivity index (χ0v) is 14.0. The molecule has 0 fully saturated rings. The molecule has 0 aliphatic heterocycles. The Balaban J connectivity index is 1.84. The van der Waals surface area contributed by atoms with Crippen LogP contribution in [-0.4, -0.2) is 25.1 Å². The second kappa shape index (κ2) is 9.02. The smallest absolute Gasteiger partial charge is 0.329 e. The number of methoxy groups -OCH3 is 1. The summed E-state index contributed by atoms with van der Waals surface area (Å²) in [7, 11) is 1.59. The van der Waals surface area contributed by atoms with Crippen molar-refractivity contribution in [1.29, 1.82) is 0 Å². The van der Waals surface area contributed by atoms with E-state index in [4.69, 9.17) is 4.74 Å². The van der Waals surface area contributed by atoms with Gasteiger partial charge in [-0.1, -0.05) is 35.9 Å². The monoisotopic (exact) mass is 337 g/mol. The minimum atomic E-state index is -0.845. The number of para-hydroxylation sites is 1. The third-order valence-electron chi connectivity index (χ3n) is 3.26. The van der Waals surface area contributed by atoms with Gasteiger partial charge < -0.3 is 10.1 Å². The van der Waals surface area contributed by atoms with Crippen LogP contribution in [0.4, 0.5) is 5.69 Å². The molecule has 0 saturated carbocycles. The largest absolute Gasteiger partial charge is 0.496 e. The van der Waals surface area contributed by atoms with Crippen molar-refractivity contribution in [2.75, 3.05) is 12.4 Å². The van der Waals surface area contributed by atoms with Crippen LogP contribution in [0.2, 0.25) is 0 Å². The lowest BCUT2D eigenvalue weighted by Crippen LogP contribution is -2.32. The van der Waals surface area contributed by atoms with Crippen LogP contribution >= 0.6 is 0 Å². The average Bonchev–Trinajstić information content (AvgIpc) is 2.63. The number of nitrogens with one attached hydrogen (secondary N) is 2. The van der Waals surface area contributed by atoms with Gasteiger partial charge in [0.25, 0.3) is 0 Å². The number of benzene rings is 2. The van der Waals surface area contributed by atoms with Crippen molar-refractivity contribution in [2.24, 2.45) is 5.10 Å². The van der Waals surface area contributed by atoms with Crippen molar-refractivity contribution < 1.29 is 14.3 Å². The van der Waals surface area contributed by atoms with Gasteiger partial charge >= 0.3 is 11.8 Å². The molecule has 6 nitrogen and oxygen atoms in total. The molecule has 0 aliphatic carbocycles. The second-order valence-electron chi connectivity index (χ2n) is 5.14. The van der Waals surface area contributed by atoms with Crippen molar-refractivity contribution in [1.82, 2.24) is 5.43 Å². The maximum Gasteiger partial charge on any atom is 0.329 e. The number of carbonyl (C=O) groups is 2. The summed E-state index contributed by atoms with van der Waals surface area (Å²) in [5.74, 6) is -0.897. The van der Waals surface area contributed by atoms with Crippen LogP contribution in [0.5, 0.6) is 5.75 Å². The zero-order chi connectivity index (χ0) is 18.1. The van der Waals surface area contributed by atoms with Gasteiger partial charge in [-0.15, -0.1) is 0 Å². The molecule has 0 radical (unpaired) electrons. The summed E-state index contributed by atoms with van der Waals surface area (Å²) in [5, 5.41) is 6.20. The predicted molar refractivity (Wildman–Crippen MR) is 98.5 cm³/mol. The van der Waals surface area contributed by atoms with Crippen LogP contribution in [0.3, 0.4) is 0 Å². The highest BCUT2D eigenvalue weighted by molar-refractivity contribution is 6.39. The minimum Gasteiger partial charge on any atom is -0.496 e. The topological polar surface area (TPSA) is 79.8 Å². The van der Waals surface area contributed by atoms with E-state index in [2.05, 4.69) is 15.8 Å². The van der Waals surface area contributed by atoms with Crippen molar-refractivity contribution in [3.05, 3.63) is 65.7 Å². The van der Waals surface area contributed by atoms with Crippen molar-refractivity contribution in [3.8, 4) is 5.75 Å². The number of nitrogens with zero attached hydrogens (tertiary/aromatic N) is 1. The van der Waals surface area contributed by atoms with E-state index < -0.39 is 11.8 Å². The molecule has 0 atom stereocenters. The molecule has 0 aromatic heterocycles. The average molecular weight is 337 g/mol. The van der Waals surface area contributed by atoms with E-state index in [1.54, 1.807) is 31.4 Å². The number of allylic oxidation sites excluding steroid dienone is 1. The first kappa shape index (κ1) is 17.9. The molecule has 2 amide bonds. The fourth-order valence-electron chi connectivity index (χ4n) is 1.97. The molecule has 6 heteroatoms. The Kier molecular flexibility index (Phi) is 6.47. The molecule has 0 unspecified atom stereocenters. The summed E-state index contributed by atoms with van der Waals surface area (Å²) in [5.41, 5.74) is 4.65. The van der Waals surface area contributed by atoms with Crippen molar-refractivity contribution in [2.45, 2.75) is 6.92 Å². The molecule has 0 spiro atoms. The number of carbonyl (C=O) groups excluding carboxylic acids is 2. The maximum absolute atomic E-state index is 11.7. The zero-order valence-electron chi connectivity index (χ0n) is 14.0. The molecule has 128 valence electrons. The van der Waals surface area contributed by atoms with Crippen LogP contribution in [0.25, 0.3) is 6.08 Å². The molecule has 0 bridgehead atoms. The molecule has 0 saturated heterocycles. The Morgan fingerprint density at radius 3 is 2.48 bits per heavy atom. The summed E-state index contributed by atoms with van der Waals surface area (Å²) in [6.45, 7) is 1.94. The summed E-state index contributed by atoms with van der Waals surface area (Å²) >= 11 is 0. The van der Waals surface area contributed by atoms with Crippen LogP contribution in [-0.2, 0) is 9.59 Å². The second-order valence-corrected chi connectivity index (χ2v) is 5.14. The van der Waals surface area contributed by atoms with Gasteiger partial charge in [-0.2, -0.15) is 5.10 Å². The lowest BCUT2D eigenvalue weighted by atomic mass is 10.2. The molecule has 2 rings (SSSR count). The molecular weight excluding hydrogens is 318 g/mol. The normalized spacial score (nSPS) is 10.8. The van der Waals surface area contributed by atoms with Gasteiger partial charge in [0.2, 0.25) is 0 Å². The Morgan fingerprint density at radius 1 is 1.04 bits per heavy atom. The van der Waals surface area contributed by atoms with Crippen LogP contribution in [0, 0.1) is 6.92 Å². The van der Waals surface area contributed by atoms with E-state index in [0.29, 0.717) is 5.69 Å². The van der Waals surface area contributed by atoms with Gasteiger partial charge in [-0.05, 0) is 37.3 Å². The number of hydrogen-bond donors (Lipinski definition) is 2. The Labute approximate surface area is 146 Å². The number of hydrogen-bond acceptors (Lipinski definition) is 4. The van der Waals surface area contributed by atoms with Crippen LogP contribution in [0.1, 0.15) is 11.1 Å². The number of hydrazone groups is 1. The highest BCUT2D eigenvalue weighted by atomic mass is 16.5. The molecule has 2 aromatic carbocycles. The van der Waals surface area contributed by atoms with Crippen LogP contribution in [0.15, 0.2) is 59.7 Å². The molecular formula is C19H19N3O3. The van der Waals surface area contributed by atoms with Gasteiger partial charge in [0.05, 0.1) is 7.11 Å². The number of amides is 2. The third-order valence-corrected chi connectivity index (χ3v) is 3.26. The quantitative estimate of drug-likeness (QED) is 0.500. The highest BCUT2D eigenvalue weighted by Crippen LogP contribution is 2.18. The SMILES string of the molecule is COc1ccccc1/C=C/C=N\NC(=O)C(=O)Nc1ccc(C)cc1. The Hall–Kier alpha value is -3.41. The van der Waals surface area contributed by atoms with E-state index in [1.165, 1.54) is 6.21 Å². The molecule has 25 heavy (non-hydrogen) atoms. The number of anilines is 1. The first-order chi connectivity index (χ1) is 12.1. The predicted octanol–water partition coefficient (Wildman–Crippen LogP) is 2.76. The van der Waals surface area contributed by atoms with E-state index in [-0.39, 0.29) is 0 Å². The molecule has 0 heterocycles. The van der Waals surface area contributed by atoms with E-state index >= 15 is 0 Å². The Morgan fingerprint density at radius 2 is 1.76 bits per heavy atom. The maximum atomic E-state index is 11.7. The summed E-state index contributed by atoms with van der Waals surface area (Å²) < 4.78 is 5.22. The fraction of sp³-hybridized carbons (Fsp3) is 0.105.